The van der Waals surface area contributed by atoms with Crippen molar-refractivity contribution >= 4 is 0 Å². The van der Waals surface area contributed by atoms with Crippen molar-refractivity contribution in [3.05, 3.63) is 71.8 Å². The fourth-order valence-corrected chi connectivity index (χ4v) is 4.39. The lowest BCUT2D eigenvalue weighted by Crippen LogP contribution is -2.50. The van der Waals surface area contributed by atoms with Crippen LogP contribution >= 0.6 is 0 Å². The fraction of sp³-hybridized carbons (Fsp3) is 0.500. The molecule has 0 bridgehead atoms. The molecule has 2 aromatic carbocycles. The standard InChI is InChI=1S/C24H33NO2/c26-19-24(27)18-25-22(16-14-20-8-3-1-4-9-20)12-7-13-23(25)17-15-21-10-5-2-6-11-21/h1-6,8-11,22-24,26-27H,7,12-19H2/t22-,23+,24-/m1/s1. The third-order valence-electron chi connectivity index (χ3n) is 5.86. The highest BCUT2D eigenvalue weighted by Crippen LogP contribution is 2.29. The van der Waals surface area contributed by atoms with E-state index in [2.05, 4.69) is 65.6 Å². The molecular weight excluding hydrogens is 334 g/mol. The van der Waals surface area contributed by atoms with Crippen molar-refractivity contribution in [1.29, 1.82) is 0 Å². The first-order chi connectivity index (χ1) is 13.3. The molecule has 0 aromatic heterocycles. The number of aryl methyl sites for hydroxylation is 2. The Kier molecular flexibility index (Phi) is 7.88. The van der Waals surface area contributed by atoms with Gasteiger partial charge in [0.2, 0.25) is 0 Å². The summed E-state index contributed by atoms with van der Waals surface area (Å²) in [7, 11) is 0. The number of likely N-dealkylation sites (tertiary alicyclic amines) is 1. The summed E-state index contributed by atoms with van der Waals surface area (Å²) in [4.78, 5) is 2.50. The van der Waals surface area contributed by atoms with E-state index in [0.29, 0.717) is 18.6 Å². The predicted octanol–water partition coefficient (Wildman–Crippen LogP) is 3.83. The van der Waals surface area contributed by atoms with Crippen LogP contribution in [-0.4, -0.2) is 46.5 Å². The molecule has 1 aliphatic rings. The summed E-state index contributed by atoms with van der Waals surface area (Å²) < 4.78 is 0. The molecule has 2 N–H and O–H groups in total. The van der Waals surface area contributed by atoms with Gasteiger partial charge >= 0.3 is 0 Å². The second-order valence-corrected chi connectivity index (χ2v) is 7.82. The molecule has 1 fully saturated rings. The van der Waals surface area contributed by atoms with Gasteiger partial charge in [-0.15, -0.1) is 0 Å². The van der Waals surface area contributed by atoms with Crippen LogP contribution in [0.3, 0.4) is 0 Å². The van der Waals surface area contributed by atoms with Gasteiger partial charge < -0.3 is 10.2 Å². The van der Waals surface area contributed by atoms with E-state index in [0.717, 1.165) is 25.7 Å². The van der Waals surface area contributed by atoms with Crippen LogP contribution in [0.4, 0.5) is 0 Å². The van der Waals surface area contributed by atoms with Gasteiger partial charge in [-0.2, -0.15) is 0 Å². The molecule has 3 nitrogen and oxygen atoms in total. The highest BCUT2D eigenvalue weighted by molar-refractivity contribution is 5.16. The summed E-state index contributed by atoms with van der Waals surface area (Å²) in [5.74, 6) is 0. The van der Waals surface area contributed by atoms with Crippen molar-refractivity contribution < 1.29 is 10.2 Å². The molecule has 0 amide bonds. The normalized spacial score (nSPS) is 21.9. The molecule has 27 heavy (non-hydrogen) atoms. The molecule has 146 valence electrons. The monoisotopic (exact) mass is 367 g/mol. The smallest absolute Gasteiger partial charge is 0.0897 e. The van der Waals surface area contributed by atoms with Gasteiger partial charge in [0, 0.05) is 18.6 Å². The molecule has 3 heteroatoms. The van der Waals surface area contributed by atoms with E-state index in [9.17, 15) is 10.2 Å². The third-order valence-corrected chi connectivity index (χ3v) is 5.86. The second-order valence-electron chi connectivity index (χ2n) is 7.82. The van der Waals surface area contributed by atoms with Gasteiger partial charge in [0.05, 0.1) is 12.7 Å². The molecule has 3 rings (SSSR count). The summed E-state index contributed by atoms with van der Waals surface area (Å²) in [6.07, 6.45) is 7.35. The van der Waals surface area contributed by atoms with E-state index >= 15 is 0 Å². The van der Waals surface area contributed by atoms with E-state index in [-0.39, 0.29) is 6.61 Å². The van der Waals surface area contributed by atoms with Crippen LogP contribution in [0.1, 0.15) is 43.2 Å². The Morgan fingerprint density at radius 1 is 0.815 bits per heavy atom. The Bertz CT molecular complexity index is 594. The lowest BCUT2D eigenvalue weighted by atomic mass is 9.88. The molecule has 0 unspecified atom stereocenters. The maximum atomic E-state index is 10.1. The Morgan fingerprint density at radius 2 is 1.30 bits per heavy atom. The molecule has 0 spiro atoms. The first kappa shape index (κ1) is 20.1. The van der Waals surface area contributed by atoms with Crippen LogP contribution in [0.2, 0.25) is 0 Å². The first-order valence-corrected chi connectivity index (χ1v) is 10.4. The summed E-state index contributed by atoms with van der Waals surface area (Å²) in [5.41, 5.74) is 2.76. The zero-order valence-corrected chi connectivity index (χ0v) is 16.2. The van der Waals surface area contributed by atoms with Crippen molar-refractivity contribution in [3.63, 3.8) is 0 Å². The van der Waals surface area contributed by atoms with Gasteiger partial charge in [-0.05, 0) is 49.7 Å². The van der Waals surface area contributed by atoms with E-state index in [4.69, 9.17) is 0 Å². The van der Waals surface area contributed by atoms with Crippen molar-refractivity contribution in [2.45, 2.75) is 63.1 Å². The maximum Gasteiger partial charge on any atom is 0.0897 e. The Labute approximate surface area is 163 Å². The van der Waals surface area contributed by atoms with Gasteiger partial charge in [-0.3, -0.25) is 4.90 Å². The average Bonchev–Trinajstić information content (AvgIpc) is 2.73. The zero-order chi connectivity index (χ0) is 18.9. The molecule has 1 saturated heterocycles. The van der Waals surface area contributed by atoms with E-state index in [1.165, 1.54) is 30.4 Å². The molecule has 2 aromatic rings. The van der Waals surface area contributed by atoms with Crippen LogP contribution < -0.4 is 0 Å². The number of hydrogen-bond acceptors (Lipinski definition) is 3. The van der Waals surface area contributed by atoms with Gasteiger partial charge in [0.25, 0.3) is 0 Å². The number of piperidine rings is 1. The number of nitrogens with zero attached hydrogens (tertiary/aromatic N) is 1. The summed E-state index contributed by atoms with van der Waals surface area (Å²) in [5, 5.41) is 19.5. The van der Waals surface area contributed by atoms with Gasteiger partial charge in [-0.25, -0.2) is 0 Å². The van der Waals surface area contributed by atoms with Crippen LogP contribution in [0.5, 0.6) is 0 Å². The lowest BCUT2D eigenvalue weighted by molar-refractivity contribution is 0.00214. The Balaban J connectivity index is 1.63. The molecule has 0 aliphatic carbocycles. The Hall–Kier alpha value is -1.68. The largest absolute Gasteiger partial charge is 0.394 e. The van der Waals surface area contributed by atoms with Crippen molar-refractivity contribution in [2.24, 2.45) is 0 Å². The van der Waals surface area contributed by atoms with Gasteiger partial charge in [0.1, 0.15) is 0 Å². The molecule has 1 heterocycles. The predicted molar refractivity (Wildman–Crippen MR) is 111 cm³/mol. The summed E-state index contributed by atoms with van der Waals surface area (Å²) in [6, 6.07) is 22.3. The van der Waals surface area contributed by atoms with Crippen LogP contribution in [0.15, 0.2) is 60.7 Å². The van der Waals surface area contributed by atoms with Crippen molar-refractivity contribution in [3.8, 4) is 0 Å². The third kappa shape index (κ3) is 6.17. The van der Waals surface area contributed by atoms with Gasteiger partial charge in [0.15, 0.2) is 0 Å². The molecule has 1 aliphatic heterocycles. The second kappa shape index (κ2) is 10.6. The molecule has 3 atom stereocenters. The van der Waals surface area contributed by atoms with Crippen molar-refractivity contribution in [1.82, 2.24) is 4.90 Å². The van der Waals surface area contributed by atoms with Crippen LogP contribution in [0.25, 0.3) is 0 Å². The van der Waals surface area contributed by atoms with Gasteiger partial charge in [-0.1, -0.05) is 67.1 Å². The minimum Gasteiger partial charge on any atom is -0.394 e. The molecule has 0 saturated carbocycles. The quantitative estimate of drug-likeness (QED) is 0.708. The Morgan fingerprint density at radius 3 is 1.74 bits per heavy atom. The number of β-amino-alcohol motifs (C(OH)–C–C–N with tert-alkyl or cyclic N) is 1. The summed E-state index contributed by atoms with van der Waals surface area (Å²) in [6.45, 7) is 0.419. The number of aliphatic hydroxyl groups excluding tert-OH is 2. The summed E-state index contributed by atoms with van der Waals surface area (Å²) >= 11 is 0. The fourth-order valence-electron chi connectivity index (χ4n) is 4.39. The first-order valence-electron chi connectivity index (χ1n) is 10.4. The van der Waals surface area contributed by atoms with Crippen molar-refractivity contribution in [2.75, 3.05) is 13.2 Å². The van der Waals surface area contributed by atoms with E-state index in [1.54, 1.807) is 0 Å². The van der Waals surface area contributed by atoms with E-state index < -0.39 is 6.10 Å². The van der Waals surface area contributed by atoms with E-state index in [1.807, 2.05) is 0 Å². The lowest BCUT2D eigenvalue weighted by Gasteiger charge is -2.43. The number of hydrogen-bond donors (Lipinski definition) is 2. The SMILES string of the molecule is OC[C@H](O)CN1[C@@H](CCc2ccccc2)CCC[C@H]1CCc1ccccc1. The topological polar surface area (TPSA) is 43.7 Å². The number of rotatable bonds is 9. The molecule has 0 radical (unpaired) electrons. The average molecular weight is 368 g/mol. The highest BCUT2D eigenvalue weighted by Gasteiger charge is 2.31. The number of aliphatic hydroxyl groups is 2. The number of benzene rings is 2. The maximum absolute atomic E-state index is 10.1. The zero-order valence-electron chi connectivity index (χ0n) is 16.2. The highest BCUT2D eigenvalue weighted by atomic mass is 16.3. The molecular formula is C24H33NO2. The minimum atomic E-state index is -0.651. The van der Waals surface area contributed by atoms with Crippen LogP contribution in [0, 0.1) is 0 Å². The van der Waals surface area contributed by atoms with Crippen LogP contribution in [-0.2, 0) is 12.8 Å². The minimum absolute atomic E-state index is 0.159.